The topological polar surface area (TPSA) is 59.2 Å². The molecule has 2 heterocycles. The molecule has 1 amide bonds. The van der Waals surface area contributed by atoms with Crippen molar-refractivity contribution >= 4 is 17.2 Å². The molecule has 1 aliphatic heterocycles. The van der Waals surface area contributed by atoms with E-state index in [1.54, 1.807) is 16.3 Å². The molecule has 0 aliphatic carbocycles. The lowest BCUT2D eigenvalue weighted by atomic mass is 9.92. The summed E-state index contributed by atoms with van der Waals surface area (Å²) in [4.78, 5) is 18.8. The molecule has 2 aromatic rings. The van der Waals surface area contributed by atoms with E-state index in [-0.39, 0.29) is 17.6 Å². The molecule has 1 saturated heterocycles. The molecule has 2 N–H and O–H groups in total. The Labute approximate surface area is 153 Å². The fraction of sp³-hybridized carbons (Fsp3) is 0.444. The van der Waals surface area contributed by atoms with Crippen LogP contribution < -0.4 is 5.73 Å². The minimum atomic E-state index is -4.41. The van der Waals surface area contributed by atoms with E-state index in [9.17, 15) is 18.0 Å². The van der Waals surface area contributed by atoms with Crippen molar-refractivity contribution in [1.82, 2.24) is 9.88 Å². The number of carbonyl (C=O) groups excluding carboxylic acids is 1. The summed E-state index contributed by atoms with van der Waals surface area (Å²) in [6, 6.07) is 4.96. The Kier molecular flexibility index (Phi) is 5.34. The molecule has 1 aromatic heterocycles. The van der Waals surface area contributed by atoms with Crippen LogP contribution in [0.4, 0.5) is 13.2 Å². The van der Waals surface area contributed by atoms with E-state index in [4.69, 9.17) is 5.73 Å². The van der Waals surface area contributed by atoms with Crippen LogP contribution in [0.1, 0.15) is 35.8 Å². The van der Waals surface area contributed by atoms with Crippen LogP contribution in [0.2, 0.25) is 0 Å². The number of thiazole rings is 1. The monoisotopic (exact) mass is 383 g/mol. The number of hydrogen-bond acceptors (Lipinski definition) is 4. The van der Waals surface area contributed by atoms with Crippen LogP contribution in [0.25, 0.3) is 10.6 Å². The van der Waals surface area contributed by atoms with E-state index in [1.165, 1.54) is 17.4 Å². The van der Waals surface area contributed by atoms with Crippen molar-refractivity contribution in [3.8, 4) is 10.6 Å². The zero-order valence-electron chi connectivity index (χ0n) is 14.3. The Balaban J connectivity index is 1.83. The van der Waals surface area contributed by atoms with Crippen LogP contribution in [0, 0.1) is 5.92 Å². The van der Waals surface area contributed by atoms with E-state index in [0.29, 0.717) is 29.6 Å². The second kappa shape index (κ2) is 7.36. The summed E-state index contributed by atoms with van der Waals surface area (Å²) in [7, 11) is 0. The molecular weight excluding hydrogens is 363 g/mol. The third-order valence-corrected chi connectivity index (χ3v) is 5.56. The molecule has 4 nitrogen and oxygen atoms in total. The molecule has 8 heteroatoms. The van der Waals surface area contributed by atoms with Crippen molar-refractivity contribution in [3.63, 3.8) is 0 Å². The van der Waals surface area contributed by atoms with Gasteiger partial charge in [0.2, 0.25) is 0 Å². The molecule has 26 heavy (non-hydrogen) atoms. The molecule has 1 aromatic carbocycles. The number of alkyl halides is 3. The molecular formula is C18H20F3N3OS. The van der Waals surface area contributed by atoms with Crippen molar-refractivity contribution < 1.29 is 18.0 Å². The first-order chi connectivity index (χ1) is 12.3. The van der Waals surface area contributed by atoms with Gasteiger partial charge in [-0.2, -0.15) is 13.2 Å². The lowest BCUT2D eigenvalue weighted by molar-refractivity contribution is -0.137. The summed E-state index contributed by atoms with van der Waals surface area (Å²) in [6.45, 7) is 3.15. The highest BCUT2D eigenvalue weighted by molar-refractivity contribution is 7.13. The summed E-state index contributed by atoms with van der Waals surface area (Å²) in [6.07, 6.45) is -2.65. The summed E-state index contributed by atoms with van der Waals surface area (Å²) in [5.74, 6) is 0.311. The van der Waals surface area contributed by atoms with Crippen molar-refractivity contribution in [3.05, 3.63) is 40.9 Å². The van der Waals surface area contributed by atoms with Crippen molar-refractivity contribution in [2.45, 2.75) is 32.0 Å². The standard InChI is InChI=1S/C18H20F3N3OS/c1-11-5-6-24(14(7-11)9-22)17(25)15-10-26-16(23-15)12-3-2-4-13(8-12)18(19,20)21/h2-4,8,10-11,14H,5-7,9,22H2,1H3. The summed E-state index contributed by atoms with van der Waals surface area (Å²) in [5.41, 5.74) is 5.69. The maximum atomic E-state index is 12.9. The molecule has 1 aliphatic rings. The Morgan fingerprint density at radius 3 is 2.88 bits per heavy atom. The fourth-order valence-corrected chi connectivity index (χ4v) is 4.01. The van der Waals surface area contributed by atoms with Gasteiger partial charge in [-0.15, -0.1) is 11.3 Å². The number of amides is 1. The number of nitrogens with zero attached hydrogens (tertiary/aromatic N) is 2. The Morgan fingerprint density at radius 1 is 1.42 bits per heavy atom. The maximum absolute atomic E-state index is 12.9. The first-order valence-corrected chi connectivity index (χ1v) is 9.31. The third kappa shape index (κ3) is 3.91. The second-order valence-corrected chi connectivity index (χ2v) is 7.49. The highest BCUT2D eigenvalue weighted by atomic mass is 32.1. The SMILES string of the molecule is CC1CCN(C(=O)c2csc(-c3cccc(C(F)(F)F)c3)n2)C(CN)C1. The summed E-state index contributed by atoms with van der Waals surface area (Å²) >= 11 is 1.17. The Morgan fingerprint density at radius 2 is 2.19 bits per heavy atom. The number of likely N-dealkylation sites (tertiary alicyclic amines) is 1. The normalized spacial score (nSPS) is 21.0. The third-order valence-electron chi connectivity index (χ3n) is 4.67. The minimum Gasteiger partial charge on any atom is -0.333 e. The number of benzene rings is 1. The number of piperidine rings is 1. The van der Waals surface area contributed by atoms with E-state index < -0.39 is 11.7 Å². The second-order valence-electron chi connectivity index (χ2n) is 6.63. The van der Waals surface area contributed by atoms with Gasteiger partial charge in [0.05, 0.1) is 5.56 Å². The highest BCUT2D eigenvalue weighted by Crippen LogP contribution is 2.33. The van der Waals surface area contributed by atoms with Crippen LogP contribution in [-0.2, 0) is 6.18 Å². The van der Waals surface area contributed by atoms with Gasteiger partial charge in [-0.25, -0.2) is 4.98 Å². The predicted octanol–water partition coefficient (Wildman–Crippen LogP) is 4.03. The van der Waals surface area contributed by atoms with Crippen LogP contribution in [0.5, 0.6) is 0 Å². The smallest absolute Gasteiger partial charge is 0.333 e. The number of halogens is 3. The van der Waals surface area contributed by atoms with Gasteiger partial charge in [0.25, 0.3) is 5.91 Å². The molecule has 140 valence electrons. The Bertz CT molecular complexity index is 790. The maximum Gasteiger partial charge on any atom is 0.416 e. The van der Waals surface area contributed by atoms with E-state index in [0.717, 1.165) is 25.0 Å². The highest BCUT2D eigenvalue weighted by Gasteiger charge is 2.32. The first-order valence-electron chi connectivity index (χ1n) is 8.43. The summed E-state index contributed by atoms with van der Waals surface area (Å²) in [5, 5.41) is 2.00. The van der Waals surface area contributed by atoms with Gasteiger partial charge < -0.3 is 10.6 Å². The van der Waals surface area contributed by atoms with Gasteiger partial charge in [0.15, 0.2) is 0 Å². The van der Waals surface area contributed by atoms with Crippen LogP contribution in [-0.4, -0.2) is 34.9 Å². The average molecular weight is 383 g/mol. The molecule has 0 radical (unpaired) electrons. The van der Waals surface area contributed by atoms with Gasteiger partial charge in [-0.3, -0.25) is 4.79 Å². The number of rotatable bonds is 3. The number of carbonyl (C=O) groups is 1. The van der Waals surface area contributed by atoms with Gasteiger partial charge in [0.1, 0.15) is 10.7 Å². The largest absolute Gasteiger partial charge is 0.416 e. The van der Waals surface area contributed by atoms with Crippen molar-refractivity contribution in [2.24, 2.45) is 11.7 Å². The Hall–Kier alpha value is -1.93. The van der Waals surface area contributed by atoms with Gasteiger partial charge in [0, 0.05) is 30.1 Å². The molecule has 0 spiro atoms. The van der Waals surface area contributed by atoms with Gasteiger partial charge in [-0.1, -0.05) is 19.1 Å². The quantitative estimate of drug-likeness (QED) is 0.871. The average Bonchev–Trinajstić information content (AvgIpc) is 3.10. The molecule has 3 rings (SSSR count). The zero-order valence-corrected chi connectivity index (χ0v) is 15.1. The molecule has 2 unspecified atom stereocenters. The molecule has 0 bridgehead atoms. The fourth-order valence-electron chi connectivity index (χ4n) is 3.22. The molecule has 0 saturated carbocycles. The number of aromatic nitrogens is 1. The summed E-state index contributed by atoms with van der Waals surface area (Å²) < 4.78 is 38.7. The first kappa shape index (κ1) is 18.8. The van der Waals surface area contributed by atoms with Crippen LogP contribution >= 0.6 is 11.3 Å². The van der Waals surface area contributed by atoms with Gasteiger partial charge >= 0.3 is 6.18 Å². The minimum absolute atomic E-state index is 0.0232. The van der Waals surface area contributed by atoms with Gasteiger partial charge in [-0.05, 0) is 30.9 Å². The van der Waals surface area contributed by atoms with Crippen LogP contribution in [0.3, 0.4) is 0 Å². The van der Waals surface area contributed by atoms with Crippen molar-refractivity contribution in [2.75, 3.05) is 13.1 Å². The van der Waals surface area contributed by atoms with E-state index in [2.05, 4.69) is 11.9 Å². The lowest BCUT2D eigenvalue weighted by Crippen LogP contribution is -2.49. The van der Waals surface area contributed by atoms with Crippen molar-refractivity contribution in [1.29, 1.82) is 0 Å². The zero-order chi connectivity index (χ0) is 18.9. The molecule has 1 fully saturated rings. The predicted molar refractivity (Wildman–Crippen MR) is 94.8 cm³/mol. The lowest BCUT2D eigenvalue weighted by Gasteiger charge is -2.37. The number of nitrogens with two attached hydrogens (primary N) is 1. The molecule has 2 atom stereocenters. The van der Waals surface area contributed by atoms with Crippen LogP contribution in [0.15, 0.2) is 29.6 Å². The number of hydrogen-bond donors (Lipinski definition) is 1. The van der Waals surface area contributed by atoms with E-state index in [1.807, 2.05) is 0 Å². The van der Waals surface area contributed by atoms with E-state index >= 15 is 0 Å².